The summed E-state index contributed by atoms with van der Waals surface area (Å²) in [5.74, 6) is -1.26. The normalized spacial score (nSPS) is 10.6. The van der Waals surface area contributed by atoms with Crippen LogP contribution >= 0.6 is 11.5 Å². The second-order valence-electron chi connectivity index (χ2n) is 3.89. The van der Waals surface area contributed by atoms with Crippen molar-refractivity contribution in [2.24, 2.45) is 0 Å². The molecule has 20 heavy (non-hydrogen) atoms. The van der Waals surface area contributed by atoms with Crippen LogP contribution in [0.1, 0.15) is 21.6 Å². The quantitative estimate of drug-likeness (QED) is 0.815. The number of carbonyl (C=O) groups is 2. The van der Waals surface area contributed by atoms with E-state index in [1.807, 2.05) is 12.1 Å². The van der Waals surface area contributed by atoms with Crippen LogP contribution in [0.15, 0.2) is 35.7 Å². The van der Waals surface area contributed by atoms with Gasteiger partial charge in [-0.25, -0.2) is 4.79 Å². The Hall–Kier alpha value is -2.54. The Balaban J connectivity index is 1.91. The highest BCUT2D eigenvalue weighted by Crippen LogP contribution is 2.06. The zero-order valence-corrected chi connectivity index (χ0v) is 11.1. The second kappa shape index (κ2) is 6.58. The van der Waals surface area contributed by atoms with Gasteiger partial charge in [0.25, 0.3) is 5.91 Å². The Labute approximate surface area is 118 Å². The van der Waals surface area contributed by atoms with Gasteiger partial charge in [-0.1, -0.05) is 28.8 Å². The van der Waals surface area contributed by atoms with Crippen molar-refractivity contribution in [3.05, 3.63) is 52.5 Å². The first kappa shape index (κ1) is 13.9. The van der Waals surface area contributed by atoms with E-state index in [4.69, 9.17) is 5.11 Å². The van der Waals surface area contributed by atoms with Gasteiger partial charge in [-0.2, -0.15) is 0 Å². The third kappa shape index (κ3) is 3.99. The Morgan fingerprint density at radius 1 is 1.30 bits per heavy atom. The lowest BCUT2D eigenvalue weighted by Gasteiger charge is -2.03. The zero-order valence-electron chi connectivity index (χ0n) is 10.3. The molecule has 1 heterocycles. The van der Waals surface area contributed by atoms with Crippen molar-refractivity contribution in [2.75, 3.05) is 0 Å². The third-order valence-corrected chi connectivity index (χ3v) is 2.95. The number of aromatic nitrogens is 2. The first-order valence-corrected chi connectivity index (χ1v) is 6.54. The summed E-state index contributed by atoms with van der Waals surface area (Å²) < 4.78 is 3.62. The van der Waals surface area contributed by atoms with Crippen LogP contribution in [0.2, 0.25) is 0 Å². The summed E-state index contributed by atoms with van der Waals surface area (Å²) in [6.07, 6.45) is 2.58. The lowest BCUT2D eigenvalue weighted by atomic mass is 10.1. The summed E-state index contributed by atoms with van der Waals surface area (Å²) >= 11 is 1.12. The SMILES string of the molecule is O=C(O)C=Cc1ccc(CNC(=O)c2csnn2)cc1. The van der Waals surface area contributed by atoms with Crippen LogP contribution in [0.3, 0.4) is 0 Å². The Bertz CT molecular complexity index is 621. The minimum Gasteiger partial charge on any atom is -0.478 e. The van der Waals surface area contributed by atoms with E-state index in [9.17, 15) is 9.59 Å². The van der Waals surface area contributed by atoms with Crippen LogP contribution in [0, 0.1) is 0 Å². The fourth-order valence-electron chi connectivity index (χ4n) is 1.45. The highest BCUT2D eigenvalue weighted by atomic mass is 32.1. The molecular weight excluding hydrogens is 278 g/mol. The second-order valence-corrected chi connectivity index (χ2v) is 4.50. The molecule has 0 radical (unpaired) electrons. The lowest BCUT2D eigenvalue weighted by Crippen LogP contribution is -2.23. The summed E-state index contributed by atoms with van der Waals surface area (Å²) in [6, 6.07) is 7.21. The molecule has 0 atom stereocenters. The Morgan fingerprint density at radius 3 is 2.65 bits per heavy atom. The molecule has 2 N–H and O–H groups in total. The molecule has 2 aromatic rings. The summed E-state index contributed by atoms with van der Waals surface area (Å²) in [7, 11) is 0. The third-order valence-electron chi connectivity index (χ3n) is 2.44. The van der Waals surface area contributed by atoms with Gasteiger partial charge in [0.1, 0.15) is 0 Å². The van der Waals surface area contributed by atoms with E-state index in [0.29, 0.717) is 12.2 Å². The first-order valence-electron chi connectivity index (χ1n) is 5.70. The lowest BCUT2D eigenvalue weighted by molar-refractivity contribution is -0.131. The maximum Gasteiger partial charge on any atom is 0.328 e. The first-order chi connectivity index (χ1) is 9.65. The zero-order chi connectivity index (χ0) is 14.4. The van der Waals surface area contributed by atoms with Gasteiger partial charge in [-0.05, 0) is 28.7 Å². The molecule has 0 saturated heterocycles. The molecule has 0 spiro atoms. The number of aliphatic carboxylic acids is 1. The molecule has 0 saturated carbocycles. The van der Waals surface area contributed by atoms with Crippen LogP contribution in [-0.2, 0) is 11.3 Å². The number of rotatable bonds is 5. The highest BCUT2D eigenvalue weighted by Gasteiger charge is 2.07. The fourth-order valence-corrected chi connectivity index (χ4v) is 1.89. The summed E-state index contributed by atoms with van der Waals surface area (Å²) in [5, 5.41) is 16.5. The van der Waals surface area contributed by atoms with E-state index in [-0.39, 0.29) is 5.91 Å². The van der Waals surface area contributed by atoms with Gasteiger partial charge >= 0.3 is 5.97 Å². The topological polar surface area (TPSA) is 92.2 Å². The van der Waals surface area contributed by atoms with Gasteiger partial charge in [0, 0.05) is 18.0 Å². The van der Waals surface area contributed by atoms with Crippen molar-refractivity contribution in [1.82, 2.24) is 14.9 Å². The van der Waals surface area contributed by atoms with Crippen LogP contribution in [-0.4, -0.2) is 26.6 Å². The number of amides is 1. The van der Waals surface area contributed by atoms with Gasteiger partial charge < -0.3 is 10.4 Å². The van der Waals surface area contributed by atoms with Gasteiger partial charge in [0.05, 0.1) is 0 Å². The minimum absolute atomic E-state index is 0.270. The standard InChI is InChI=1S/C13H11N3O3S/c17-12(18)6-5-9-1-3-10(4-2-9)7-14-13(19)11-8-20-16-15-11/h1-6,8H,7H2,(H,14,19)(H,17,18). The van der Waals surface area contributed by atoms with E-state index >= 15 is 0 Å². The van der Waals surface area contributed by atoms with Crippen molar-refractivity contribution in [3.8, 4) is 0 Å². The van der Waals surface area contributed by atoms with Crippen LogP contribution in [0.4, 0.5) is 0 Å². The fraction of sp³-hybridized carbons (Fsp3) is 0.0769. The molecule has 1 aromatic carbocycles. The Morgan fingerprint density at radius 2 is 2.05 bits per heavy atom. The van der Waals surface area contributed by atoms with Gasteiger partial charge in [0.15, 0.2) is 5.69 Å². The van der Waals surface area contributed by atoms with Crippen LogP contribution < -0.4 is 5.32 Å². The van der Waals surface area contributed by atoms with Crippen molar-refractivity contribution in [2.45, 2.75) is 6.54 Å². The van der Waals surface area contributed by atoms with Crippen molar-refractivity contribution in [1.29, 1.82) is 0 Å². The van der Waals surface area contributed by atoms with Crippen molar-refractivity contribution >= 4 is 29.5 Å². The molecular formula is C13H11N3O3S. The van der Waals surface area contributed by atoms with E-state index in [2.05, 4.69) is 14.9 Å². The monoisotopic (exact) mass is 289 g/mol. The van der Waals surface area contributed by atoms with Crippen LogP contribution in [0.25, 0.3) is 6.08 Å². The molecule has 0 fully saturated rings. The average molecular weight is 289 g/mol. The molecule has 7 heteroatoms. The highest BCUT2D eigenvalue weighted by molar-refractivity contribution is 7.03. The Kier molecular flexibility index (Phi) is 4.56. The number of nitrogens with one attached hydrogen (secondary N) is 1. The smallest absolute Gasteiger partial charge is 0.328 e. The largest absolute Gasteiger partial charge is 0.478 e. The molecule has 0 bridgehead atoms. The van der Waals surface area contributed by atoms with E-state index < -0.39 is 5.97 Å². The number of nitrogens with zero attached hydrogens (tertiary/aromatic N) is 2. The maximum absolute atomic E-state index is 11.6. The summed E-state index contributed by atoms with van der Waals surface area (Å²) in [5.41, 5.74) is 2.00. The number of carboxylic acid groups (broad SMARTS) is 1. The van der Waals surface area contributed by atoms with Gasteiger partial charge in [-0.3, -0.25) is 4.79 Å². The van der Waals surface area contributed by atoms with Crippen molar-refractivity contribution in [3.63, 3.8) is 0 Å². The summed E-state index contributed by atoms with van der Waals surface area (Å²) in [4.78, 5) is 22.0. The average Bonchev–Trinajstić information content (AvgIpc) is 2.98. The number of hydrogen-bond acceptors (Lipinski definition) is 5. The molecule has 0 aliphatic carbocycles. The predicted molar refractivity (Wildman–Crippen MR) is 74.2 cm³/mol. The molecule has 0 aliphatic rings. The number of benzene rings is 1. The molecule has 2 rings (SSSR count). The minimum atomic E-state index is -0.988. The number of carboxylic acids is 1. The molecule has 1 aromatic heterocycles. The van der Waals surface area contributed by atoms with Crippen molar-refractivity contribution < 1.29 is 14.7 Å². The van der Waals surface area contributed by atoms with E-state index in [1.165, 1.54) is 6.08 Å². The number of hydrogen-bond donors (Lipinski definition) is 2. The van der Waals surface area contributed by atoms with E-state index in [1.54, 1.807) is 17.5 Å². The molecule has 102 valence electrons. The van der Waals surface area contributed by atoms with Gasteiger partial charge in [-0.15, -0.1) is 5.10 Å². The molecule has 0 aliphatic heterocycles. The molecule has 1 amide bonds. The number of carbonyl (C=O) groups excluding carboxylic acids is 1. The van der Waals surface area contributed by atoms with E-state index in [0.717, 1.165) is 28.7 Å². The molecule has 6 nitrogen and oxygen atoms in total. The van der Waals surface area contributed by atoms with Crippen LogP contribution in [0.5, 0.6) is 0 Å². The maximum atomic E-state index is 11.6. The van der Waals surface area contributed by atoms with Gasteiger partial charge in [0.2, 0.25) is 0 Å². The predicted octanol–water partition coefficient (Wildman–Crippen LogP) is 1.57. The molecule has 0 unspecified atom stereocenters. The summed E-state index contributed by atoms with van der Waals surface area (Å²) in [6.45, 7) is 0.374.